The van der Waals surface area contributed by atoms with Crippen molar-refractivity contribution >= 4 is 34.1 Å². The number of ether oxygens (including phenoxy) is 1. The average molecular weight is 393 g/mol. The molecular formula is C18H24N4O2S2. The van der Waals surface area contributed by atoms with E-state index in [1.807, 2.05) is 29.2 Å². The van der Waals surface area contributed by atoms with E-state index in [0.29, 0.717) is 24.4 Å². The van der Waals surface area contributed by atoms with E-state index in [9.17, 15) is 4.79 Å². The van der Waals surface area contributed by atoms with Gasteiger partial charge in [0.05, 0.1) is 12.9 Å². The van der Waals surface area contributed by atoms with Crippen LogP contribution in [0.15, 0.2) is 28.6 Å². The van der Waals surface area contributed by atoms with Gasteiger partial charge in [0.25, 0.3) is 0 Å². The predicted molar refractivity (Wildman–Crippen MR) is 106 cm³/mol. The lowest BCUT2D eigenvalue weighted by Gasteiger charge is -2.22. The van der Waals surface area contributed by atoms with Gasteiger partial charge in [-0.3, -0.25) is 4.79 Å². The van der Waals surface area contributed by atoms with Gasteiger partial charge >= 0.3 is 0 Å². The van der Waals surface area contributed by atoms with Crippen molar-refractivity contribution in [2.24, 2.45) is 0 Å². The highest BCUT2D eigenvalue weighted by atomic mass is 32.2. The Morgan fingerprint density at radius 2 is 2.08 bits per heavy atom. The number of nitrogens with zero attached hydrogens (tertiary/aromatic N) is 3. The molecule has 1 saturated carbocycles. The highest BCUT2D eigenvalue weighted by Crippen LogP contribution is 2.31. The van der Waals surface area contributed by atoms with Crippen molar-refractivity contribution in [3.05, 3.63) is 29.8 Å². The number of benzene rings is 1. The summed E-state index contributed by atoms with van der Waals surface area (Å²) >= 11 is 2.95. The number of anilines is 1. The molecule has 26 heavy (non-hydrogen) atoms. The van der Waals surface area contributed by atoms with Crippen LogP contribution in [0, 0.1) is 0 Å². The van der Waals surface area contributed by atoms with E-state index < -0.39 is 0 Å². The normalized spacial score (nSPS) is 13.7. The Morgan fingerprint density at radius 3 is 2.69 bits per heavy atom. The van der Waals surface area contributed by atoms with E-state index in [2.05, 4.69) is 29.4 Å². The Balaban J connectivity index is 1.55. The average Bonchev–Trinajstić information content (AvgIpc) is 3.37. The van der Waals surface area contributed by atoms with Crippen molar-refractivity contribution in [3.63, 3.8) is 0 Å². The van der Waals surface area contributed by atoms with Gasteiger partial charge in [-0.15, -0.1) is 10.2 Å². The molecule has 0 aliphatic heterocycles. The highest BCUT2D eigenvalue weighted by molar-refractivity contribution is 8.01. The molecule has 6 nitrogen and oxygen atoms in total. The Labute approximate surface area is 162 Å². The van der Waals surface area contributed by atoms with Crippen LogP contribution in [0.5, 0.6) is 5.75 Å². The lowest BCUT2D eigenvalue weighted by molar-refractivity contribution is -0.129. The van der Waals surface area contributed by atoms with Gasteiger partial charge < -0.3 is 15.0 Å². The first-order valence-electron chi connectivity index (χ1n) is 8.70. The number of carbonyl (C=O) groups excluding carboxylic acids is 1. The SMILES string of the molecule is COc1ccc(CN(C(=O)CSc2nnc(NC(C)C)s2)C2CC2)cc1. The first-order valence-corrected chi connectivity index (χ1v) is 10.5. The van der Waals surface area contributed by atoms with Crippen LogP contribution in [0.4, 0.5) is 5.13 Å². The molecule has 0 atom stereocenters. The maximum atomic E-state index is 12.7. The summed E-state index contributed by atoms with van der Waals surface area (Å²) in [6.07, 6.45) is 2.18. The zero-order valence-electron chi connectivity index (χ0n) is 15.3. The molecule has 0 unspecified atom stereocenters. The third kappa shape index (κ3) is 5.35. The van der Waals surface area contributed by atoms with E-state index in [1.54, 1.807) is 7.11 Å². The molecule has 0 bridgehead atoms. The molecular weight excluding hydrogens is 368 g/mol. The van der Waals surface area contributed by atoms with E-state index in [4.69, 9.17) is 4.74 Å². The summed E-state index contributed by atoms with van der Waals surface area (Å²) in [6, 6.07) is 8.59. The third-order valence-corrected chi connectivity index (χ3v) is 5.93. The summed E-state index contributed by atoms with van der Waals surface area (Å²) in [6.45, 7) is 4.76. The van der Waals surface area contributed by atoms with Crippen LogP contribution in [-0.2, 0) is 11.3 Å². The molecule has 1 heterocycles. The summed E-state index contributed by atoms with van der Waals surface area (Å²) in [5.74, 6) is 1.38. The number of hydrogen-bond acceptors (Lipinski definition) is 7. The molecule has 8 heteroatoms. The molecule has 1 aliphatic rings. The van der Waals surface area contributed by atoms with Crippen molar-refractivity contribution in [1.82, 2.24) is 15.1 Å². The number of nitrogens with one attached hydrogen (secondary N) is 1. The zero-order chi connectivity index (χ0) is 18.5. The van der Waals surface area contributed by atoms with Gasteiger partial charge in [0.1, 0.15) is 5.75 Å². The molecule has 140 valence electrons. The Kier molecular flexibility index (Phi) is 6.37. The van der Waals surface area contributed by atoms with Crippen LogP contribution >= 0.6 is 23.1 Å². The van der Waals surface area contributed by atoms with Crippen LogP contribution in [0.25, 0.3) is 0 Å². The van der Waals surface area contributed by atoms with Crippen LogP contribution in [0.2, 0.25) is 0 Å². The minimum atomic E-state index is 0.155. The van der Waals surface area contributed by atoms with Crippen molar-refractivity contribution in [2.75, 3.05) is 18.2 Å². The minimum Gasteiger partial charge on any atom is -0.497 e. The topological polar surface area (TPSA) is 67.3 Å². The summed E-state index contributed by atoms with van der Waals surface area (Å²) < 4.78 is 6.02. The van der Waals surface area contributed by atoms with Crippen LogP contribution < -0.4 is 10.1 Å². The maximum Gasteiger partial charge on any atom is 0.233 e. The number of thioether (sulfide) groups is 1. The summed E-state index contributed by atoms with van der Waals surface area (Å²) in [5, 5.41) is 12.3. The third-order valence-electron chi connectivity index (χ3n) is 3.96. The van der Waals surface area contributed by atoms with Gasteiger partial charge in [-0.1, -0.05) is 35.2 Å². The fourth-order valence-electron chi connectivity index (χ4n) is 2.51. The quantitative estimate of drug-likeness (QED) is 0.657. The van der Waals surface area contributed by atoms with Crippen LogP contribution in [0.3, 0.4) is 0 Å². The molecule has 1 N–H and O–H groups in total. The minimum absolute atomic E-state index is 0.155. The first-order chi connectivity index (χ1) is 12.5. The van der Waals surface area contributed by atoms with E-state index in [1.165, 1.54) is 23.1 Å². The van der Waals surface area contributed by atoms with Crippen molar-refractivity contribution in [3.8, 4) is 5.75 Å². The Hall–Kier alpha value is -1.80. The summed E-state index contributed by atoms with van der Waals surface area (Å²) in [4.78, 5) is 14.7. The lowest BCUT2D eigenvalue weighted by atomic mass is 10.2. The molecule has 1 aliphatic carbocycles. The Bertz CT molecular complexity index is 729. The highest BCUT2D eigenvalue weighted by Gasteiger charge is 2.32. The van der Waals surface area contributed by atoms with Gasteiger partial charge in [-0.25, -0.2) is 0 Å². The second kappa shape index (κ2) is 8.73. The molecule has 0 saturated heterocycles. The van der Waals surface area contributed by atoms with E-state index in [-0.39, 0.29) is 5.91 Å². The van der Waals surface area contributed by atoms with E-state index >= 15 is 0 Å². The summed E-state index contributed by atoms with van der Waals surface area (Å²) in [7, 11) is 1.65. The monoisotopic (exact) mass is 392 g/mol. The number of methoxy groups -OCH3 is 1. The molecule has 3 rings (SSSR count). The van der Waals surface area contributed by atoms with Gasteiger partial charge in [-0.2, -0.15) is 0 Å². The lowest BCUT2D eigenvalue weighted by Crippen LogP contribution is -2.33. The van der Waals surface area contributed by atoms with Crippen molar-refractivity contribution in [2.45, 2.75) is 49.7 Å². The standard InChI is InChI=1S/C18H24N4O2S2/c1-12(2)19-17-20-21-18(26-17)25-11-16(23)22(14-6-7-14)10-13-4-8-15(24-3)9-5-13/h4-5,8-9,12,14H,6-7,10-11H2,1-3H3,(H,19,20). The van der Waals surface area contributed by atoms with Gasteiger partial charge in [-0.05, 0) is 44.4 Å². The van der Waals surface area contributed by atoms with Gasteiger partial charge in [0.15, 0.2) is 4.34 Å². The number of rotatable bonds is 9. The second-order valence-electron chi connectivity index (χ2n) is 6.56. The molecule has 2 aromatic rings. The number of aromatic nitrogens is 2. The van der Waals surface area contributed by atoms with Crippen molar-refractivity contribution < 1.29 is 9.53 Å². The molecule has 1 aromatic carbocycles. The number of amides is 1. The Morgan fingerprint density at radius 1 is 1.35 bits per heavy atom. The number of carbonyl (C=O) groups is 1. The number of hydrogen-bond donors (Lipinski definition) is 1. The van der Waals surface area contributed by atoms with Crippen LogP contribution in [-0.4, -0.2) is 46.0 Å². The van der Waals surface area contributed by atoms with Gasteiger partial charge in [0, 0.05) is 18.6 Å². The fraction of sp³-hybridized carbons (Fsp3) is 0.500. The summed E-state index contributed by atoms with van der Waals surface area (Å²) in [5.41, 5.74) is 1.12. The van der Waals surface area contributed by atoms with E-state index in [0.717, 1.165) is 33.6 Å². The predicted octanol–water partition coefficient (Wildman–Crippen LogP) is 3.65. The first kappa shape index (κ1) is 19.0. The molecule has 0 radical (unpaired) electrons. The molecule has 0 spiro atoms. The molecule has 1 fully saturated rings. The van der Waals surface area contributed by atoms with Crippen LogP contribution in [0.1, 0.15) is 32.3 Å². The van der Waals surface area contributed by atoms with Gasteiger partial charge in [0.2, 0.25) is 11.0 Å². The molecule has 1 amide bonds. The maximum absolute atomic E-state index is 12.7. The fourth-order valence-corrected chi connectivity index (χ4v) is 4.30. The largest absolute Gasteiger partial charge is 0.497 e. The molecule has 1 aromatic heterocycles. The van der Waals surface area contributed by atoms with Crippen molar-refractivity contribution in [1.29, 1.82) is 0 Å². The zero-order valence-corrected chi connectivity index (χ0v) is 16.9. The smallest absolute Gasteiger partial charge is 0.233 e. The second-order valence-corrected chi connectivity index (χ2v) is 8.76.